The summed E-state index contributed by atoms with van der Waals surface area (Å²) in [6.45, 7) is 4.47. The molecule has 11 heavy (non-hydrogen) atoms. The summed E-state index contributed by atoms with van der Waals surface area (Å²) in [4.78, 5) is 0. The minimum atomic E-state index is -0.0776. The Morgan fingerprint density at radius 3 is 2.64 bits per heavy atom. The highest BCUT2D eigenvalue weighted by Gasteiger charge is 2.02. The van der Waals surface area contributed by atoms with Crippen LogP contribution in [0.4, 0.5) is 0 Å². The number of nitrogens with one attached hydrogen (secondary N) is 2. The summed E-state index contributed by atoms with van der Waals surface area (Å²) in [6, 6.07) is 2.18. The molecule has 0 amide bonds. The largest absolute Gasteiger partial charge is 0.315 e. The van der Waals surface area contributed by atoms with Crippen molar-refractivity contribution in [2.45, 2.75) is 26.4 Å². The van der Waals surface area contributed by atoms with Crippen LogP contribution in [0.2, 0.25) is 0 Å². The molecule has 0 radical (unpaired) electrons. The van der Waals surface area contributed by atoms with Crippen LogP contribution in [0, 0.1) is 17.2 Å². The first-order valence-electron chi connectivity index (χ1n) is 3.84. The van der Waals surface area contributed by atoms with E-state index >= 15 is 0 Å². The van der Waals surface area contributed by atoms with E-state index in [-0.39, 0.29) is 12.1 Å². The number of hydrogen-bond acceptors (Lipinski definition) is 4. The highest BCUT2D eigenvalue weighted by Crippen LogP contribution is 1.96. The summed E-state index contributed by atoms with van der Waals surface area (Å²) in [5.74, 6) is 0.0706. The lowest BCUT2D eigenvalue weighted by Crippen LogP contribution is -2.45. The number of nitriles is 1. The van der Waals surface area contributed by atoms with E-state index in [1.165, 1.54) is 0 Å². The average molecular weight is 156 g/mol. The van der Waals surface area contributed by atoms with Gasteiger partial charge in [-0.1, -0.05) is 6.92 Å². The molecule has 0 bridgehead atoms. The molecule has 0 aliphatic rings. The van der Waals surface area contributed by atoms with Crippen LogP contribution in [-0.2, 0) is 0 Å². The molecule has 2 unspecified atom stereocenters. The number of hydrazine groups is 1. The van der Waals surface area contributed by atoms with Crippen molar-refractivity contribution in [2.24, 2.45) is 11.7 Å². The van der Waals surface area contributed by atoms with E-state index < -0.39 is 0 Å². The molecule has 0 aromatic heterocycles. The van der Waals surface area contributed by atoms with Crippen LogP contribution in [0.1, 0.15) is 20.3 Å². The van der Waals surface area contributed by atoms with Crippen LogP contribution >= 0.6 is 0 Å². The Morgan fingerprint density at radius 1 is 1.64 bits per heavy atom. The van der Waals surface area contributed by atoms with Crippen molar-refractivity contribution in [2.75, 3.05) is 6.54 Å². The third-order valence-electron chi connectivity index (χ3n) is 1.35. The Morgan fingerprint density at radius 2 is 2.27 bits per heavy atom. The molecule has 0 saturated carbocycles. The van der Waals surface area contributed by atoms with Gasteiger partial charge in [-0.3, -0.25) is 5.43 Å². The molecule has 0 saturated heterocycles. The Balaban J connectivity index is 3.30. The second-order valence-corrected chi connectivity index (χ2v) is 2.55. The SMILES string of the molecule is CCC(C#N)CNNC(C)N. The lowest BCUT2D eigenvalue weighted by Gasteiger charge is -2.11. The van der Waals surface area contributed by atoms with Gasteiger partial charge in [0.25, 0.3) is 0 Å². The van der Waals surface area contributed by atoms with E-state index in [4.69, 9.17) is 11.0 Å². The molecular weight excluding hydrogens is 140 g/mol. The van der Waals surface area contributed by atoms with Gasteiger partial charge in [0.1, 0.15) is 0 Å². The average Bonchev–Trinajstić information content (AvgIpc) is 1.98. The maximum absolute atomic E-state index is 8.54. The smallest absolute Gasteiger partial charge is 0.0669 e. The molecule has 0 aliphatic heterocycles. The van der Waals surface area contributed by atoms with Crippen molar-refractivity contribution in [1.29, 1.82) is 5.26 Å². The minimum Gasteiger partial charge on any atom is -0.315 e. The van der Waals surface area contributed by atoms with E-state index in [9.17, 15) is 0 Å². The normalized spacial score (nSPS) is 15.5. The first kappa shape index (κ1) is 10.4. The molecule has 0 fully saturated rings. The van der Waals surface area contributed by atoms with Crippen molar-refractivity contribution < 1.29 is 0 Å². The van der Waals surface area contributed by atoms with Gasteiger partial charge in [0.05, 0.1) is 18.2 Å². The van der Waals surface area contributed by atoms with Gasteiger partial charge in [0, 0.05) is 6.54 Å². The Bertz CT molecular complexity index is 127. The first-order chi connectivity index (χ1) is 5.20. The van der Waals surface area contributed by atoms with Gasteiger partial charge < -0.3 is 5.73 Å². The summed E-state index contributed by atoms with van der Waals surface area (Å²) >= 11 is 0. The summed E-state index contributed by atoms with van der Waals surface area (Å²) < 4.78 is 0. The lowest BCUT2D eigenvalue weighted by molar-refractivity contribution is 0.425. The molecule has 4 nitrogen and oxygen atoms in total. The molecule has 0 heterocycles. The number of hydrogen-bond donors (Lipinski definition) is 3. The molecule has 0 spiro atoms. The number of nitrogens with two attached hydrogens (primary N) is 1. The second-order valence-electron chi connectivity index (χ2n) is 2.55. The van der Waals surface area contributed by atoms with Gasteiger partial charge >= 0.3 is 0 Å². The predicted octanol–water partition coefficient (Wildman–Crippen LogP) is -0.0649. The first-order valence-corrected chi connectivity index (χ1v) is 3.84. The number of nitrogens with zero attached hydrogens (tertiary/aromatic N) is 1. The van der Waals surface area contributed by atoms with Crippen LogP contribution in [-0.4, -0.2) is 12.7 Å². The van der Waals surface area contributed by atoms with Crippen molar-refractivity contribution in [3.63, 3.8) is 0 Å². The van der Waals surface area contributed by atoms with Crippen molar-refractivity contribution in [3.8, 4) is 6.07 Å². The van der Waals surface area contributed by atoms with Crippen LogP contribution in [0.3, 0.4) is 0 Å². The molecule has 64 valence electrons. The zero-order valence-corrected chi connectivity index (χ0v) is 7.09. The standard InChI is InChI=1S/C7H16N4/c1-3-7(4-8)5-10-11-6(2)9/h6-7,10-11H,3,5,9H2,1-2H3. The third-order valence-corrected chi connectivity index (χ3v) is 1.35. The molecule has 0 rings (SSSR count). The van der Waals surface area contributed by atoms with E-state index in [1.807, 2.05) is 13.8 Å². The van der Waals surface area contributed by atoms with Gasteiger partial charge in [-0.2, -0.15) is 5.26 Å². The third kappa shape index (κ3) is 5.80. The van der Waals surface area contributed by atoms with Gasteiger partial charge in [0.2, 0.25) is 0 Å². The zero-order valence-electron chi connectivity index (χ0n) is 7.09. The molecule has 0 aliphatic carbocycles. The Labute approximate surface area is 67.7 Å². The Hall–Kier alpha value is -0.630. The van der Waals surface area contributed by atoms with Crippen molar-refractivity contribution in [1.82, 2.24) is 10.9 Å². The van der Waals surface area contributed by atoms with Crippen LogP contribution < -0.4 is 16.6 Å². The van der Waals surface area contributed by atoms with E-state index in [1.54, 1.807) is 0 Å². The van der Waals surface area contributed by atoms with E-state index in [0.29, 0.717) is 6.54 Å². The summed E-state index contributed by atoms with van der Waals surface area (Å²) in [5.41, 5.74) is 11.1. The molecule has 0 aromatic carbocycles. The van der Waals surface area contributed by atoms with Crippen molar-refractivity contribution in [3.05, 3.63) is 0 Å². The fraction of sp³-hybridized carbons (Fsp3) is 0.857. The minimum absolute atomic E-state index is 0.0706. The topological polar surface area (TPSA) is 73.9 Å². The maximum atomic E-state index is 8.54. The quantitative estimate of drug-likeness (QED) is 0.385. The van der Waals surface area contributed by atoms with E-state index in [2.05, 4.69) is 16.9 Å². The van der Waals surface area contributed by atoms with Gasteiger partial charge in [-0.25, -0.2) is 5.43 Å². The van der Waals surface area contributed by atoms with Crippen molar-refractivity contribution >= 4 is 0 Å². The van der Waals surface area contributed by atoms with E-state index in [0.717, 1.165) is 6.42 Å². The molecular formula is C7H16N4. The molecule has 4 N–H and O–H groups in total. The fourth-order valence-electron chi connectivity index (χ4n) is 0.624. The second kappa shape index (κ2) is 6.10. The monoisotopic (exact) mass is 156 g/mol. The summed E-state index contributed by atoms with van der Waals surface area (Å²) in [5, 5.41) is 8.54. The van der Waals surface area contributed by atoms with Crippen LogP contribution in [0.5, 0.6) is 0 Å². The predicted molar refractivity (Wildman–Crippen MR) is 44.2 cm³/mol. The molecule has 4 heteroatoms. The highest BCUT2D eigenvalue weighted by molar-refractivity contribution is 4.82. The zero-order chi connectivity index (χ0) is 8.69. The summed E-state index contributed by atoms with van der Waals surface area (Å²) in [6.07, 6.45) is 0.788. The van der Waals surface area contributed by atoms with Crippen LogP contribution in [0.25, 0.3) is 0 Å². The maximum Gasteiger partial charge on any atom is 0.0669 e. The highest BCUT2D eigenvalue weighted by atomic mass is 15.4. The van der Waals surface area contributed by atoms with Crippen LogP contribution in [0.15, 0.2) is 0 Å². The molecule has 0 aromatic rings. The van der Waals surface area contributed by atoms with Gasteiger partial charge in [-0.05, 0) is 13.3 Å². The lowest BCUT2D eigenvalue weighted by atomic mass is 10.1. The fourth-order valence-corrected chi connectivity index (χ4v) is 0.624. The Kier molecular flexibility index (Phi) is 5.75. The summed E-state index contributed by atoms with van der Waals surface area (Å²) in [7, 11) is 0. The number of rotatable bonds is 5. The molecule has 2 atom stereocenters. The van der Waals surface area contributed by atoms with Gasteiger partial charge in [0.15, 0.2) is 0 Å². The van der Waals surface area contributed by atoms with Gasteiger partial charge in [-0.15, -0.1) is 0 Å².